The predicted octanol–water partition coefficient (Wildman–Crippen LogP) is 8.57. The van der Waals surface area contributed by atoms with Gasteiger partial charge >= 0.3 is 5.97 Å². The summed E-state index contributed by atoms with van der Waals surface area (Å²) in [7, 11) is 0. The minimum Gasteiger partial charge on any atom is -0.463 e. The number of carbonyl (C=O) groups is 1. The Kier molecular flexibility index (Phi) is 9.35. The Morgan fingerprint density at radius 1 is 1.00 bits per heavy atom. The summed E-state index contributed by atoms with van der Waals surface area (Å²) >= 11 is 0. The Bertz CT molecular complexity index is 555. The number of unbranched alkanes of at least 4 members (excludes halogenated alkanes) is 2. The number of hydrogen-bond donors (Lipinski definition) is 0. The largest absolute Gasteiger partial charge is 0.463 e. The van der Waals surface area contributed by atoms with E-state index in [4.69, 9.17) is 4.74 Å². The van der Waals surface area contributed by atoms with Crippen molar-refractivity contribution in [3.8, 4) is 0 Å². The molecule has 0 N–H and O–H groups in total. The summed E-state index contributed by atoms with van der Waals surface area (Å²) in [4.78, 5) is 11.5. The Morgan fingerprint density at radius 2 is 1.81 bits per heavy atom. The van der Waals surface area contributed by atoms with Gasteiger partial charge in [0, 0.05) is 6.92 Å². The third-order valence-electron chi connectivity index (χ3n) is 9.71. The second kappa shape index (κ2) is 11.6. The van der Waals surface area contributed by atoms with Crippen molar-refractivity contribution in [1.29, 1.82) is 0 Å². The fraction of sp³-hybridized carbons (Fsp3) is 0.966. The molecule has 7 atom stereocenters. The van der Waals surface area contributed by atoms with Crippen molar-refractivity contribution in [3.63, 3.8) is 0 Å². The van der Waals surface area contributed by atoms with Crippen molar-refractivity contribution in [1.82, 2.24) is 0 Å². The van der Waals surface area contributed by atoms with Crippen LogP contribution in [0.1, 0.15) is 131 Å². The smallest absolute Gasteiger partial charge is 0.302 e. The molecule has 2 nitrogen and oxygen atoms in total. The molecule has 0 aliphatic heterocycles. The summed E-state index contributed by atoms with van der Waals surface area (Å²) in [6, 6.07) is 0. The van der Waals surface area contributed by atoms with Crippen LogP contribution < -0.4 is 0 Å². The summed E-state index contributed by atoms with van der Waals surface area (Å²) in [5, 5.41) is 0. The van der Waals surface area contributed by atoms with Crippen molar-refractivity contribution in [3.05, 3.63) is 0 Å². The number of hydrogen-bond acceptors (Lipinski definition) is 2. The summed E-state index contributed by atoms with van der Waals surface area (Å²) in [6.45, 7) is 11.4. The molecule has 3 aliphatic carbocycles. The highest BCUT2D eigenvalue weighted by molar-refractivity contribution is 5.66. The molecule has 2 heteroatoms. The maximum Gasteiger partial charge on any atom is 0.302 e. The van der Waals surface area contributed by atoms with Gasteiger partial charge in [0.2, 0.25) is 0 Å². The number of esters is 1. The van der Waals surface area contributed by atoms with Crippen LogP contribution in [-0.2, 0) is 9.53 Å². The summed E-state index contributed by atoms with van der Waals surface area (Å²) < 4.78 is 5.66. The lowest BCUT2D eigenvalue weighted by molar-refractivity contribution is -0.147. The van der Waals surface area contributed by atoms with Gasteiger partial charge in [-0.3, -0.25) is 4.79 Å². The van der Waals surface area contributed by atoms with Crippen molar-refractivity contribution < 1.29 is 9.53 Å². The van der Waals surface area contributed by atoms with Crippen LogP contribution in [0.2, 0.25) is 0 Å². The van der Waals surface area contributed by atoms with Gasteiger partial charge < -0.3 is 4.74 Å². The fourth-order valence-corrected chi connectivity index (χ4v) is 7.97. The van der Waals surface area contributed by atoms with Gasteiger partial charge in [-0.1, -0.05) is 66.2 Å². The van der Waals surface area contributed by atoms with Crippen LogP contribution in [0, 0.1) is 40.9 Å². The first-order chi connectivity index (χ1) is 14.8. The number of carbonyl (C=O) groups excluding carboxylic acids is 1. The molecule has 180 valence electrons. The molecule has 0 heterocycles. The Morgan fingerprint density at radius 3 is 2.55 bits per heavy atom. The maximum absolute atomic E-state index is 11.5. The highest BCUT2D eigenvalue weighted by atomic mass is 16.5. The topological polar surface area (TPSA) is 26.3 Å². The third-order valence-corrected chi connectivity index (χ3v) is 9.71. The van der Waals surface area contributed by atoms with Crippen LogP contribution in [0.5, 0.6) is 0 Å². The van der Waals surface area contributed by atoms with Crippen LogP contribution in [0.3, 0.4) is 0 Å². The van der Waals surface area contributed by atoms with E-state index in [1.165, 1.54) is 83.5 Å². The van der Waals surface area contributed by atoms with E-state index >= 15 is 0 Å². The van der Waals surface area contributed by atoms with Crippen LogP contribution in [0.15, 0.2) is 0 Å². The lowest BCUT2D eigenvalue weighted by atomic mass is 9.55. The van der Waals surface area contributed by atoms with E-state index in [9.17, 15) is 4.79 Å². The van der Waals surface area contributed by atoms with Crippen molar-refractivity contribution in [2.45, 2.75) is 137 Å². The second-order valence-corrected chi connectivity index (χ2v) is 12.5. The average Bonchev–Trinajstić information content (AvgIpc) is 3.02. The molecule has 0 aromatic heterocycles. The van der Waals surface area contributed by atoms with Crippen LogP contribution in [-0.4, -0.2) is 12.1 Å². The first-order valence-electron chi connectivity index (χ1n) is 14.0. The average molecular weight is 433 g/mol. The highest BCUT2D eigenvalue weighted by Gasteiger charge is 2.52. The zero-order chi connectivity index (χ0) is 22.4. The van der Waals surface area contributed by atoms with Gasteiger partial charge in [0.05, 0.1) is 0 Å². The SMILES string of the molecule is CC(=O)O[C@H]1CCCC2CC[C@]3(C)[C@@H](CCCCCC(C)C)CC[C@H]3[C@@H]2CCC(C)C1. The van der Waals surface area contributed by atoms with E-state index in [-0.39, 0.29) is 12.1 Å². The molecular weight excluding hydrogens is 380 g/mol. The summed E-state index contributed by atoms with van der Waals surface area (Å²) in [6.07, 6.45) is 20.8. The molecule has 0 saturated heterocycles. The maximum atomic E-state index is 11.5. The molecule has 0 amide bonds. The minimum absolute atomic E-state index is 0.0956. The molecule has 3 rings (SSSR count). The molecule has 0 aromatic carbocycles. The van der Waals surface area contributed by atoms with Crippen LogP contribution in [0.25, 0.3) is 0 Å². The molecule has 2 unspecified atom stereocenters. The van der Waals surface area contributed by atoms with E-state index in [1.807, 2.05) is 0 Å². The number of fused-ring (bicyclic) bond motifs is 3. The molecule has 0 spiro atoms. The third kappa shape index (κ3) is 6.73. The fourth-order valence-electron chi connectivity index (χ4n) is 7.97. The minimum atomic E-state index is -0.0956. The molecule has 31 heavy (non-hydrogen) atoms. The molecule has 3 fully saturated rings. The van der Waals surface area contributed by atoms with Gasteiger partial charge in [-0.25, -0.2) is 0 Å². The normalized spacial score (nSPS) is 39.0. The lowest BCUT2D eigenvalue weighted by Gasteiger charge is -2.50. The van der Waals surface area contributed by atoms with Crippen molar-refractivity contribution in [2.24, 2.45) is 40.9 Å². The molecule has 0 aromatic rings. The second-order valence-electron chi connectivity index (χ2n) is 12.5. The first-order valence-corrected chi connectivity index (χ1v) is 14.0. The molecule has 0 radical (unpaired) electrons. The van der Waals surface area contributed by atoms with E-state index in [1.54, 1.807) is 6.92 Å². The standard InChI is InChI=1S/C29H52O2/c1-21(2)10-7-6-8-12-25-15-17-28-27-16-14-22(3)20-26(31-23(4)30)13-9-11-24(27)18-19-29(25,28)5/h21-22,24-28H,6-20H2,1-5H3/t22?,24?,25-,26-,27+,28-,29+/m0/s1. The Balaban J connectivity index is 1.57. The van der Waals surface area contributed by atoms with Crippen LogP contribution >= 0.6 is 0 Å². The Hall–Kier alpha value is -0.530. The van der Waals surface area contributed by atoms with Gasteiger partial charge in [-0.05, 0) is 98.7 Å². The van der Waals surface area contributed by atoms with E-state index in [0.717, 1.165) is 42.4 Å². The highest BCUT2D eigenvalue weighted by Crippen LogP contribution is 2.61. The quantitative estimate of drug-likeness (QED) is 0.297. The first kappa shape index (κ1) is 25.1. The molecule has 0 bridgehead atoms. The van der Waals surface area contributed by atoms with Gasteiger partial charge in [0.15, 0.2) is 0 Å². The van der Waals surface area contributed by atoms with Crippen molar-refractivity contribution in [2.75, 3.05) is 0 Å². The zero-order valence-corrected chi connectivity index (χ0v) is 21.5. The molecule has 3 aliphatic rings. The molecule has 3 saturated carbocycles. The number of ether oxygens (including phenoxy) is 1. The van der Waals surface area contributed by atoms with Gasteiger partial charge in [-0.15, -0.1) is 0 Å². The predicted molar refractivity (Wildman–Crippen MR) is 131 cm³/mol. The van der Waals surface area contributed by atoms with Gasteiger partial charge in [0.1, 0.15) is 6.10 Å². The van der Waals surface area contributed by atoms with Gasteiger partial charge in [-0.2, -0.15) is 0 Å². The zero-order valence-electron chi connectivity index (χ0n) is 21.5. The number of rotatable bonds is 7. The Labute approximate surface area is 193 Å². The monoisotopic (exact) mass is 432 g/mol. The van der Waals surface area contributed by atoms with E-state index in [0.29, 0.717) is 11.3 Å². The summed E-state index contributed by atoms with van der Waals surface area (Å²) in [5.74, 6) is 5.28. The summed E-state index contributed by atoms with van der Waals surface area (Å²) in [5.41, 5.74) is 0.618. The lowest BCUT2D eigenvalue weighted by Crippen LogP contribution is -2.42. The van der Waals surface area contributed by atoms with Crippen molar-refractivity contribution >= 4 is 5.97 Å². The van der Waals surface area contributed by atoms with Gasteiger partial charge in [0.25, 0.3) is 0 Å². The molecular formula is C29H52O2. The van der Waals surface area contributed by atoms with Crippen LogP contribution in [0.4, 0.5) is 0 Å². The van der Waals surface area contributed by atoms with E-state index in [2.05, 4.69) is 27.7 Å². The van der Waals surface area contributed by atoms with E-state index < -0.39 is 0 Å².